The predicted octanol–water partition coefficient (Wildman–Crippen LogP) is 3.45. The monoisotopic (exact) mass is 275 g/mol. The van der Waals surface area contributed by atoms with Crippen LogP contribution in [0.4, 0.5) is 16.2 Å². The number of amides is 2. The summed E-state index contributed by atoms with van der Waals surface area (Å²) in [6.45, 7) is 7.32. The molecule has 0 unspecified atom stereocenters. The van der Waals surface area contributed by atoms with Gasteiger partial charge in [-0.2, -0.15) is 0 Å². The number of rotatable bonds is 4. The zero-order valence-corrected chi connectivity index (χ0v) is 12.5. The molecule has 1 saturated heterocycles. The van der Waals surface area contributed by atoms with Crippen molar-refractivity contribution < 1.29 is 4.79 Å². The number of urea groups is 1. The van der Waals surface area contributed by atoms with Crippen LogP contribution >= 0.6 is 0 Å². The quantitative estimate of drug-likeness (QED) is 0.884. The van der Waals surface area contributed by atoms with Crippen molar-refractivity contribution >= 4 is 17.4 Å². The van der Waals surface area contributed by atoms with Crippen molar-refractivity contribution in [2.24, 2.45) is 5.92 Å². The topological polar surface area (TPSA) is 44.4 Å². The van der Waals surface area contributed by atoms with E-state index < -0.39 is 0 Å². The van der Waals surface area contributed by atoms with Gasteiger partial charge in [0.2, 0.25) is 0 Å². The Morgan fingerprint density at radius 3 is 2.50 bits per heavy atom. The van der Waals surface area contributed by atoms with E-state index in [1.165, 1.54) is 18.5 Å². The Labute approximate surface area is 121 Å². The standard InChI is InChI=1S/C16H25N3O/c1-3-10-17-16(20)18-14-4-6-15(7-5-14)19-11-8-13(2)9-12-19/h4-7,13H,3,8-12H2,1-2H3,(H2,17,18,20). The lowest BCUT2D eigenvalue weighted by atomic mass is 9.99. The second-order valence-corrected chi connectivity index (χ2v) is 5.60. The van der Waals surface area contributed by atoms with Crippen LogP contribution in [0.2, 0.25) is 0 Å². The summed E-state index contributed by atoms with van der Waals surface area (Å²) in [7, 11) is 0. The van der Waals surface area contributed by atoms with Crippen LogP contribution in [0.1, 0.15) is 33.1 Å². The highest BCUT2D eigenvalue weighted by Crippen LogP contribution is 2.24. The van der Waals surface area contributed by atoms with Gasteiger partial charge < -0.3 is 15.5 Å². The van der Waals surface area contributed by atoms with Gasteiger partial charge in [0, 0.05) is 31.0 Å². The van der Waals surface area contributed by atoms with Crippen molar-refractivity contribution in [2.75, 3.05) is 29.9 Å². The highest BCUT2D eigenvalue weighted by Gasteiger charge is 2.15. The van der Waals surface area contributed by atoms with Crippen molar-refractivity contribution in [3.63, 3.8) is 0 Å². The van der Waals surface area contributed by atoms with Crippen LogP contribution in [0.25, 0.3) is 0 Å². The Morgan fingerprint density at radius 1 is 1.25 bits per heavy atom. The van der Waals surface area contributed by atoms with E-state index in [2.05, 4.69) is 34.6 Å². The molecule has 0 aromatic heterocycles. The number of hydrogen-bond acceptors (Lipinski definition) is 2. The number of carbonyl (C=O) groups is 1. The molecule has 0 atom stereocenters. The van der Waals surface area contributed by atoms with E-state index in [-0.39, 0.29) is 6.03 Å². The molecule has 0 saturated carbocycles. The SMILES string of the molecule is CCCNC(=O)Nc1ccc(N2CCC(C)CC2)cc1. The molecule has 4 nitrogen and oxygen atoms in total. The average molecular weight is 275 g/mol. The summed E-state index contributed by atoms with van der Waals surface area (Å²) >= 11 is 0. The maximum Gasteiger partial charge on any atom is 0.319 e. The summed E-state index contributed by atoms with van der Waals surface area (Å²) in [4.78, 5) is 14.0. The lowest BCUT2D eigenvalue weighted by Crippen LogP contribution is -2.32. The molecule has 1 aliphatic heterocycles. The first kappa shape index (κ1) is 14.7. The Balaban J connectivity index is 1.88. The minimum absolute atomic E-state index is 0.133. The Bertz CT molecular complexity index is 422. The van der Waals surface area contributed by atoms with Gasteiger partial charge in [0.05, 0.1) is 0 Å². The fourth-order valence-electron chi connectivity index (χ4n) is 2.44. The first-order chi connectivity index (χ1) is 9.69. The molecule has 0 bridgehead atoms. The van der Waals surface area contributed by atoms with Gasteiger partial charge in [0.1, 0.15) is 0 Å². The van der Waals surface area contributed by atoms with Crippen LogP contribution in [0.5, 0.6) is 0 Å². The van der Waals surface area contributed by atoms with Crippen molar-refractivity contribution in [1.29, 1.82) is 0 Å². The molecule has 110 valence electrons. The van der Waals surface area contributed by atoms with Crippen LogP contribution in [-0.4, -0.2) is 25.7 Å². The van der Waals surface area contributed by atoms with E-state index >= 15 is 0 Å². The first-order valence-electron chi connectivity index (χ1n) is 7.59. The zero-order chi connectivity index (χ0) is 14.4. The minimum atomic E-state index is -0.133. The molecule has 4 heteroatoms. The maximum absolute atomic E-state index is 11.6. The van der Waals surface area contributed by atoms with E-state index in [9.17, 15) is 4.79 Å². The van der Waals surface area contributed by atoms with Gasteiger partial charge >= 0.3 is 6.03 Å². The molecule has 1 fully saturated rings. The molecule has 2 rings (SSSR count). The fourth-order valence-corrected chi connectivity index (χ4v) is 2.44. The average Bonchev–Trinajstić information content (AvgIpc) is 2.47. The van der Waals surface area contributed by atoms with Crippen molar-refractivity contribution in [3.8, 4) is 0 Å². The molecule has 0 aliphatic carbocycles. The Hall–Kier alpha value is -1.71. The largest absolute Gasteiger partial charge is 0.372 e. The number of carbonyl (C=O) groups excluding carboxylic acids is 1. The smallest absolute Gasteiger partial charge is 0.319 e. The van der Waals surface area contributed by atoms with Crippen LogP contribution in [0, 0.1) is 5.92 Å². The van der Waals surface area contributed by atoms with Crippen LogP contribution < -0.4 is 15.5 Å². The number of piperidine rings is 1. The summed E-state index contributed by atoms with van der Waals surface area (Å²) in [6, 6.07) is 7.99. The number of benzene rings is 1. The zero-order valence-electron chi connectivity index (χ0n) is 12.5. The highest BCUT2D eigenvalue weighted by atomic mass is 16.2. The summed E-state index contributed by atoms with van der Waals surface area (Å²) in [5, 5.41) is 5.65. The van der Waals surface area contributed by atoms with Gasteiger partial charge in [-0.25, -0.2) is 4.79 Å². The van der Waals surface area contributed by atoms with Gasteiger partial charge in [-0.3, -0.25) is 0 Å². The summed E-state index contributed by atoms with van der Waals surface area (Å²) < 4.78 is 0. The molecule has 2 amide bonds. The van der Waals surface area contributed by atoms with Crippen molar-refractivity contribution in [2.45, 2.75) is 33.1 Å². The summed E-state index contributed by atoms with van der Waals surface area (Å²) in [5.74, 6) is 0.842. The molecule has 0 radical (unpaired) electrons. The van der Waals surface area contributed by atoms with E-state index in [0.717, 1.165) is 31.1 Å². The van der Waals surface area contributed by atoms with Crippen molar-refractivity contribution in [3.05, 3.63) is 24.3 Å². The number of hydrogen-bond donors (Lipinski definition) is 2. The third-order valence-electron chi connectivity index (χ3n) is 3.81. The molecule has 0 spiro atoms. The lowest BCUT2D eigenvalue weighted by molar-refractivity contribution is 0.252. The van der Waals surface area contributed by atoms with Gasteiger partial charge in [0.15, 0.2) is 0 Å². The molecule has 1 aromatic rings. The number of anilines is 2. The molecule has 1 heterocycles. The van der Waals surface area contributed by atoms with Crippen LogP contribution in [0.3, 0.4) is 0 Å². The molecule has 2 N–H and O–H groups in total. The van der Waals surface area contributed by atoms with E-state index in [0.29, 0.717) is 6.54 Å². The third-order valence-corrected chi connectivity index (χ3v) is 3.81. The normalized spacial score (nSPS) is 16.0. The third kappa shape index (κ3) is 4.15. The number of nitrogens with zero attached hydrogens (tertiary/aromatic N) is 1. The molecule has 1 aromatic carbocycles. The Morgan fingerprint density at radius 2 is 1.90 bits per heavy atom. The molecular weight excluding hydrogens is 250 g/mol. The van der Waals surface area contributed by atoms with E-state index in [1.807, 2.05) is 19.1 Å². The lowest BCUT2D eigenvalue weighted by Gasteiger charge is -2.32. The van der Waals surface area contributed by atoms with Gasteiger partial charge in [-0.1, -0.05) is 13.8 Å². The summed E-state index contributed by atoms with van der Waals surface area (Å²) in [6.07, 6.45) is 3.47. The summed E-state index contributed by atoms with van der Waals surface area (Å²) in [5.41, 5.74) is 2.09. The minimum Gasteiger partial charge on any atom is -0.372 e. The second-order valence-electron chi connectivity index (χ2n) is 5.60. The second kappa shape index (κ2) is 7.17. The van der Waals surface area contributed by atoms with Crippen molar-refractivity contribution in [1.82, 2.24) is 5.32 Å². The first-order valence-corrected chi connectivity index (χ1v) is 7.59. The molecule has 20 heavy (non-hydrogen) atoms. The Kier molecular flexibility index (Phi) is 5.27. The van der Waals surface area contributed by atoms with Gasteiger partial charge in [-0.05, 0) is 49.4 Å². The van der Waals surface area contributed by atoms with Crippen LogP contribution in [0.15, 0.2) is 24.3 Å². The van der Waals surface area contributed by atoms with Gasteiger partial charge in [-0.15, -0.1) is 0 Å². The van der Waals surface area contributed by atoms with E-state index in [4.69, 9.17) is 0 Å². The van der Waals surface area contributed by atoms with E-state index in [1.54, 1.807) is 0 Å². The predicted molar refractivity (Wildman–Crippen MR) is 84.4 cm³/mol. The number of nitrogens with one attached hydrogen (secondary N) is 2. The maximum atomic E-state index is 11.6. The molecule has 1 aliphatic rings. The fraction of sp³-hybridized carbons (Fsp3) is 0.562. The van der Waals surface area contributed by atoms with Crippen LogP contribution in [-0.2, 0) is 0 Å². The van der Waals surface area contributed by atoms with Gasteiger partial charge in [0.25, 0.3) is 0 Å². The molecular formula is C16H25N3O. The highest BCUT2D eigenvalue weighted by molar-refractivity contribution is 5.89.